The normalized spacial score (nSPS) is 18.9. The van der Waals surface area contributed by atoms with E-state index in [1.54, 1.807) is 0 Å². The number of hydrogen-bond acceptors (Lipinski definition) is 6. The van der Waals surface area contributed by atoms with Gasteiger partial charge in [-0.25, -0.2) is 8.42 Å². The number of aromatic nitrogens is 1. The summed E-state index contributed by atoms with van der Waals surface area (Å²) in [6.07, 6.45) is 3.90. The topological polar surface area (TPSA) is 76.3 Å². The van der Waals surface area contributed by atoms with Gasteiger partial charge in [0.1, 0.15) is 9.90 Å². The minimum absolute atomic E-state index is 0.128. The van der Waals surface area contributed by atoms with Crippen LogP contribution in [0.1, 0.15) is 46.5 Å². The van der Waals surface area contributed by atoms with Crippen molar-refractivity contribution >= 4 is 32.2 Å². The summed E-state index contributed by atoms with van der Waals surface area (Å²) >= 11 is 1.21. The Hall–Kier alpha value is -0.820. The molecular formula is C14H25N3O2S2. The summed E-state index contributed by atoms with van der Waals surface area (Å²) in [6.45, 7) is 8.14. The average molecular weight is 332 g/mol. The second-order valence-corrected chi connectivity index (χ2v) is 8.97. The lowest BCUT2D eigenvalue weighted by molar-refractivity contribution is 0.238. The van der Waals surface area contributed by atoms with Gasteiger partial charge in [0.25, 0.3) is 0 Å². The van der Waals surface area contributed by atoms with E-state index in [-0.39, 0.29) is 16.5 Å². The third-order valence-electron chi connectivity index (χ3n) is 4.55. The average Bonchev–Trinajstić information content (AvgIpc) is 2.82. The van der Waals surface area contributed by atoms with Crippen molar-refractivity contribution in [2.75, 3.05) is 29.5 Å². The number of rotatable bonds is 5. The molecule has 0 bridgehead atoms. The molecule has 1 saturated heterocycles. The van der Waals surface area contributed by atoms with Crippen LogP contribution in [0.25, 0.3) is 0 Å². The summed E-state index contributed by atoms with van der Waals surface area (Å²) in [7, 11) is -3.33. The Bertz CT molecular complexity index is 587. The lowest BCUT2D eigenvalue weighted by Gasteiger charge is -2.39. The first-order valence-electron chi connectivity index (χ1n) is 7.56. The molecule has 21 heavy (non-hydrogen) atoms. The van der Waals surface area contributed by atoms with E-state index >= 15 is 0 Å². The van der Waals surface area contributed by atoms with Crippen molar-refractivity contribution in [1.29, 1.82) is 0 Å². The SMILES string of the molecule is CCCS(=O)(=O)c1c(N)nsc1N1CCC(C)(CC)CC1. The summed E-state index contributed by atoms with van der Waals surface area (Å²) in [5.74, 6) is 0.288. The maximum Gasteiger partial charge on any atom is 0.185 e. The zero-order valence-corrected chi connectivity index (χ0v) is 14.7. The van der Waals surface area contributed by atoms with Gasteiger partial charge in [-0.3, -0.25) is 0 Å². The summed E-state index contributed by atoms with van der Waals surface area (Å²) in [5, 5.41) is 0.735. The van der Waals surface area contributed by atoms with E-state index in [0.717, 1.165) is 37.4 Å². The highest BCUT2D eigenvalue weighted by Crippen LogP contribution is 2.41. The van der Waals surface area contributed by atoms with Crippen LogP contribution in [0.15, 0.2) is 4.90 Å². The van der Waals surface area contributed by atoms with Gasteiger partial charge in [-0.05, 0) is 36.2 Å². The zero-order chi connectivity index (χ0) is 15.7. The number of hydrogen-bond donors (Lipinski definition) is 1. The fraction of sp³-hybridized carbons (Fsp3) is 0.786. The first kappa shape index (κ1) is 16.5. The summed E-state index contributed by atoms with van der Waals surface area (Å²) in [6, 6.07) is 0. The number of nitrogens with two attached hydrogens (primary N) is 1. The Labute approximate surface area is 131 Å². The fourth-order valence-electron chi connectivity index (χ4n) is 2.75. The van der Waals surface area contributed by atoms with Crippen LogP contribution in [0.4, 0.5) is 10.8 Å². The van der Waals surface area contributed by atoms with Crippen molar-refractivity contribution in [1.82, 2.24) is 4.37 Å². The van der Waals surface area contributed by atoms with Crippen LogP contribution in [0.5, 0.6) is 0 Å². The second kappa shape index (κ2) is 6.12. The molecule has 2 rings (SSSR count). The standard InChI is InChI=1S/C14H25N3O2S2/c1-4-10-21(18,19)11-12(15)16-20-13(11)17-8-6-14(3,5-2)7-9-17/h4-10H2,1-3H3,(H2,15,16). The van der Waals surface area contributed by atoms with E-state index in [0.29, 0.717) is 11.8 Å². The van der Waals surface area contributed by atoms with Crippen LogP contribution in [-0.2, 0) is 9.84 Å². The van der Waals surface area contributed by atoms with Crippen LogP contribution < -0.4 is 10.6 Å². The molecule has 1 aliphatic rings. The van der Waals surface area contributed by atoms with Gasteiger partial charge in [-0.2, -0.15) is 4.37 Å². The lowest BCUT2D eigenvalue weighted by atomic mass is 9.78. The van der Waals surface area contributed by atoms with Crippen molar-refractivity contribution in [3.8, 4) is 0 Å². The summed E-state index contributed by atoms with van der Waals surface area (Å²) in [4.78, 5) is 2.41. The molecule has 1 fully saturated rings. The third-order valence-corrected chi connectivity index (χ3v) is 7.58. The molecule has 7 heteroatoms. The van der Waals surface area contributed by atoms with Crippen LogP contribution >= 0.6 is 11.5 Å². The fourth-order valence-corrected chi connectivity index (χ4v) is 5.57. The minimum Gasteiger partial charge on any atom is -0.382 e. The first-order valence-corrected chi connectivity index (χ1v) is 9.98. The molecule has 5 nitrogen and oxygen atoms in total. The monoisotopic (exact) mass is 331 g/mol. The Kier molecular flexibility index (Phi) is 4.82. The number of sulfone groups is 1. The quantitative estimate of drug-likeness (QED) is 0.897. The van der Waals surface area contributed by atoms with E-state index in [2.05, 4.69) is 23.1 Å². The van der Waals surface area contributed by atoms with Crippen LogP contribution in [-0.4, -0.2) is 31.6 Å². The smallest absolute Gasteiger partial charge is 0.185 e. The van der Waals surface area contributed by atoms with Crippen molar-refractivity contribution in [2.45, 2.75) is 51.3 Å². The van der Waals surface area contributed by atoms with E-state index in [1.165, 1.54) is 11.5 Å². The molecule has 0 unspecified atom stereocenters. The van der Waals surface area contributed by atoms with E-state index in [9.17, 15) is 8.42 Å². The molecule has 1 aromatic rings. The summed E-state index contributed by atoms with van der Waals surface area (Å²) < 4.78 is 28.9. The summed E-state index contributed by atoms with van der Waals surface area (Å²) in [5.41, 5.74) is 6.21. The molecule has 1 aromatic heterocycles. The van der Waals surface area contributed by atoms with Gasteiger partial charge in [-0.15, -0.1) is 0 Å². The molecule has 0 atom stereocenters. The molecule has 0 aliphatic carbocycles. The van der Waals surface area contributed by atoms with Crippen LogP contribution in [0, 0.1) is 5.41 Å². The molecule has 0 aromatic carbocycles. The van der Waals surface area contributed by atoms with Gasteiger partial charge in [0.15, 0.2) is 15.7 Å². The van der Waals surface area contributed by atoms with Crippen molar-refractivity contribution < 1.29 is 8.42 Å². The molecule has 0 amide bonds. The molecule has 0 radical (unpaired) electrons. The molecule has 2 heterocycles. The van der Waals surface area contributed by atoms with Gasteiger partial charge < -0.3 is 10.6 Å². The van der Waals surface area contributed by atoms with Crippen molar-refractivity contribution in [2.24, 2.45) is 5.41 Å². The Morgan fingerprint density at radius 3 is 2.48 bits per heavy atom. The highest BCUT2D eigenvalue weighted by molar-refractivity contribution is 7.91. The van der Waals surface area contributed by atoms with Gasteiger partial charge in [0, 0.05) is 13.1 Å². The number of nitrogen functional groups attached to an aromatic ring is 1. The molecule has 120 valence electrons. The molecule has 2 N–H and O–H groups in total. The number of anilines is 2. The highest BCUT2D eigenvalue weighted by Gasteiger charge is 2.33. The van der Waals surface area contributed by atoms with Gasteiger partial charge >= 0.3 is 0 Å². The maximum absolute atomic E-state index is 12.4. The van der Waals surface area contributed by atoms with Crippen molar-refractivity contribution in [3.63, 3.8) is 0 Å². The Morgan fingerprint density at radius 2 is 1.95 bits per heavy atom. The molecular weight excluding hydrogens is 306 g/mol. The van der Waals surface area contributed by atoms with Crippen LogP contribution in [0.2, 0.25) is 0 Å². The molecule has 0 saturated carbocycles. The van der Waals surface area contributed by atoms with E-state index in [4.69, 9.17) is 5.73 Å². The van der Waals surface area contributed by atoms with Gasteiger partial charge in [-0.1, -0.05) is 27.2 Å². The highest BCUT2D eigenvalue weighted by atomic mass is 32.2. The molecule has 1 aliphatic heterocycles. The van der Waals surface area contributed by atoms with Crippen LogP contribution in [0.3, 0.4) is 0 Å². The first-order chi connectivity index (χ1) is 9.83. The minimum atomic E-state index is -3.33. The predicted molar refractivity (Wildman–Crippen MR) is 88.7 cm³/mol. The third kappa shape index (κ3) is 3.34. The van der Waals surface area contributed by atoms with E-state index < -0.39 is 9.84 Å². The van der Waals surface area contributed by atoms with Crippen molar-refractivity contribution in [3.05, 3.63) is 0 Å². The number of nitrogens with zero attached hydrogens (tertiary/aromatic N) is 2. The lowest BCUT2D eigenvalue weighted by Crippen LogP contribution is -2.38. The zero-order valence-electron chi connectivity index (χ0n) is 13.1. The molecule has 0 spiro atoms. The Balaban J connectivity index is 2.27. The predicted octanol–water partition coefficient (Wildman–Crippen LogP) is 2.93. The van der Waals surface area contributed by atoms with E-state index in [1.807, 2.05) is 6.92 Å². The second-order valence-electron chi connectivity index (χ2n) is 6.17. The number of piperidine rings is 1. The maximum atomic E-state index is 12.4. The van der Waals surface area contributed by atoms with Gasteiger partial charge in [0.2, 0.25) is 0 Å². The largest absolute Gasteiger partial charge is 0.382 e. The Morgan fingerprint density at radius 1 is 1.33 bits per heavy atom. The van der Waals surface area contributed by atoms with Gasteiger partial charge in [0.05, 0.1) is 5.75 Å².